The van der Waals surface area contributed by atoms with Crippen molar-refractivity contribution in [2.24, 2.45) is 11.8 Å². The van der Waals surface area contributed by atoms with Crippen molar-refractivity contribution in [1.82, 2.24) is 19.7 Å². The number of aromatic nitrogens is 3. The standard InChI is InChI=1S/C23H28ClN5O2/c24-18-5-6-19(26-25-18)28-11-9-27(10-12-28)7-1-2-8-29-22(30)20-14-3-4-15(17-13-16(14)17)21(20)23(29)31/h3-6,14-17,30-31H,1-2,7-13H2. The van der Waals surface area contributed by atoms with Crippen LogP contribution in [0.5, 0.6) is 11.8 Å². The summed E-state index contributed by atoms with van der Waals surface area (Å²) in [5.74, 6) is 3.46. The van der Waals surface area contributed by atoms with Crippen molar-refractivity contribution in [3.05, 3.63) is 40.6 Å². The molecule has 0 aromatic carbocycles. The molecule has 3 heterocycles. The van der Waals surface area contributed by atoms with E-state index in [1.54, 1.807) is 10.6 Å². The fourth-order valence-corrected chi connectivity index (χ4v) is 6.09. The van der Waals surface area contributed by atoms with E-state index >= 15 is 0 Å². The number of allylic oxidation sites excluding steroid dienone is 2. The van der Waals surface area contributed by atoms with Crippen LogP contribution in [0, 0.1) is 11.8 Å². The molecule has 7 nitrogen and oxygen atoms in total. The maximum atomic E-state index is 10.9. The van der Waals surface area contributed by atoms with Gasteiger partial charge in [0.15, 0.2) is 22.7 Å². The predicted molar refractivity (Wildman–Crippen MR) is 119 cm³/mol. The fraction of sp³-hybridized carbons (Fsp3) is 0.565. The van der Waals surface area contributed by atoms with Crippen molar-refractivity contribution in [1.29, 1.82) is 0 Å². The second kappa shape index (κ2) is 7.41. The maximum Gasteiger partial charge on any atom is 0.198 e. The molecule has 0 radical (unpaired) electrons. The van der Waals surface area contributed by atoms with Crippen LogP contribution < -0.4 is 4.90 Å². The van der Waals surface area contributed by atoms with E-state index in [1.807, 2.05) is 6.07 Å². The van der Waals surface area contributed by atoms with E-state index in [9.17, 15) is 10.2 Å². The Bertz CT molecular complexity index is 970. The molecule has 2 fully saturated rings. The molecule has 1 aliphatic heterocycles. The molecular weight excluding hydrogens is 414 g/mol. The minimum Gasteiger partial charge on any atom is -0.494 e. The van der Waals surface area contributed by atoms with E-state index in [-0.39, 0.29) is 0 Å². The summed E-state index contributed by atoms with van der Waals surface area (Å²) in [4.78, 5) is 4.71. The van der Waals surface area contributed by atoms with Crippen molar-refractivity contribution in [3.63, 3.8) is 0 Å². The van der Waals surface area contributed by atoms with E-state index in [0.29, 0.717) is 47.1 Å². The molecule has 2 aromatic rings. The molecule has 4 unspecified atom stereocenters. The van der Waals surface area contributed by atoms with Gasteiger partial charge in [0.05, 0.1) is 0 Å². The SMILES string of the molecule is Oc1c2c(c(O)n1CCCCN1CCN(c3ccc(Cl)nn3)CC1)C1C=CC2C2CC12. The summed E-state index contributed by atoms with van der Waals surface area (Å²) >= 11 is 5.83. The first-order valence-corrected chi connectivity index (χ1v) is 11.8. The largest absolute Gasteiger partial charge is 0.494 e. The Morgan fingerprint density at radius 3 is 2.13 bits per heavy atom. The summed E-state index contributed by atoms with van der Waals surface area (Å²) in [6.45, 7) is 5.55. The van der Waals surface area contributed by atoms with Crippen molar-refractivity contribution in [2.45, 2.75) is 37.6 Å². The number of hydrogen-bond donors (Lipinski definition) is 2. The van der Waals surface area contributed by atoms with Crippen LogP contribution in [0.4, 0.5) is 5.82 Å². The Morgan fingerprint density at radius 1 is 0.871 bits per heavy atom. The highest BCUT2D eigenvalue weighted by molar-refractivity contribution is 6.29. The normalized spacial score (nSPS) is 28.6. The first kappa shape index (κ1) is 19.4. The van der Waals surface area contributed by atoms with Gasteiger partial charge in [0.25, 0.3) is 0 Å². The molecule has 1 saturated heterocycles. The van der Waals surface area contributed by atoms with Gasteiger partial charge in [0.2, 0.25) is 0 Å². The summed E-state index contributed by atoms with van der Waals surface area (Å²) in [5, 5.41) is 30.2. The number of piperazine rings is 1. The van der Waals surface area contributed by atoms with Crippen LogP contribution in [-0.4, -0.2) is 62.6 Å². The average molecular weight is 442 g/mol. The minimum atomic E-state index is 0.301. The highest BCUT2D eigenvalue weighted by atomic mass is 35.5. The Labute approximate surface area is 186 Å². The lowest BCUT2D eigenvalue weighted by Crippen LogP contribution is -2.47. The molecule has 4 aliphatic carbocycles. The topological polar surface area (TPSA) is 77.7 Å². The number of rotatable bonds is 6. The predicted octanol–water partition coefficient (Wildman–Crippen LogP) is 3.33. The molecule has 7 rings (SSSR count). The van der Waals surface area contributed by atoms with Crippen LogP contribution in [0.25, 0.3) is 0 Å². The minimum absolute atomic E-state index is 0.301. The van der Waals surface area contributed by atoms with Gasteiger partial charge in [-0.25, -0.2) is 0 Å². The van der Waals surface area contributed by atoms with Gasteiger partial charge in [-0.3, -0.25) is 9.47 Å². The van der Waals surface area contributed by atoms with Crippen LogP contribution in [-0.2, 0) is 6.54 Å². The quantitative estimate of drug-likeness (QED) is 0.529. The van der Waals surface area contributed by atoms with Crippen LogP contribution in [0.2, 0.25) is 5.15 Å². The number of halogens is 1. The van der Waals surface area contributed by atoms with Gasteiger partial charge in [-0.15, -0.1) is 10.2 Å². The second-order valence-electron chi connectivity index (χ2n) is 9.38. The number of anilines is 1. The van der Waals surface area contributed by atoms with Gasteiger partial charge in [-0.05, 0) is 49.8 Å². The van der Waals surface area contributed by atoms with Gasteiger partial charge < -0.3 is 15.1 Å². The van der Waals surface area contributed by atoms with Gasteiger partial charge in [0.1, 0.15) is 0 Å². The third-order valence-corrected chi connectivity index (χ3v) is 7.91. The summed E-state index contributed by atoms with van der Waals surface area (Å²) in [6, 6.07) is 3.70. The van der Waals surface area contributed by atoms with Crippen molar-refractivity contribution in [2.75, 3.05) is 37.6 Å². The van der Waals surface area contributed by atoms with Gasteiger partial charge >= 0.3 is 0 Å². The molecule has 4 atom stereocenters. The molecule has 1 saturated carbocycles. The van der Waals surface area contributed by atoms with E-state index in [0.717, 1.165) is 62.5 Å². The molecule has 164 valence electrons. The molecule has 2 N–H and O–H groups in total. The monoisotopic (exact) mass is 441 g/mol. The van der Waals surface area contributed by atoms with Crippen LogP contribution >= 0.6 is 11.6 Å². The summed E-state index contributed by atoms with van der Waals surface area (Å²) in [7, 11) is 0. The third-order valence-electron chi connectivity index (χ3n) is 7.71. The Balaban J connectivity index is 1.01. The highest BCUT2D eigenvalue weighted by Gasteiger charge is 2.56. The second-order valence-corrected chi connectivity index (χ2v) is 9.76. The zero-order valence-electron chi connectivity index (χ0n) is 17.5. The molecule has 5 aliphatic rings. The molecule has 31 heavy (non-hydrogen) atoms. The molecule has 8 heteroatoms. The smallest absolute Gasteiger partial charge is 0.198 e. The Hall–Kier alpha value is -2.25. The van der Waals surface area contributed by atoms with Crippen molar-refractivity contribution >= 4 is 17.4 Å². The van der Waals surface area contributed by atoms with E-state index in [4.69, 9.17) is 11.6 Å². The maximum absolute atomic E-state index is 10.9. The van der Waals surface area contributed by atoms with Gasteiger partial charge in [-0.2, -0.15) is 0 Å². The van der Waals surface area contributed by atoms with E-state index < -0.39 is 0 Å². The first-order valence-electron chi connectivity index (χ1n) is 11.4. The molecule has 0 spiro atoms. The fourth-order valence-electron chi connectivity index (χ4n) is 5.99. The van der Waals surface area contributed by atoms with E-state index in [2.05, 4.69) is 32.1 Å². The zero-order chi connectivity index (χ0) is 21.1. The van der Waals surface area contributed by atoms with Crippen LogP contribution in [0.1, 0.15) is 42.2 Å². The molecular formula is C23H28ClN5O2. The number of aromatic hydroxyl groups is 2. The van der Waals surface area contributed by atoms with Gasteiger partial charge in [0, 0.05) is 55.7 Å². The molecule has 2 aromatic heterocycles. The molecule has 2 bridgehead atoms. The average Bonchev–Trinajstić information content (AvgIpc) is 3.57. The Kier molecular flexibility index (Phi) is 4.65. The van der Waals surface area contributed by atoms with Crippen LogP contribution in [0.3, 0.4) is 0 Å². The lowest BCUT2D eigenvalue weighted by atomic mass is 9.73. The number of nitrogens with zero attached hydrogens (tertiary/aromatic N) is 5. The van der Waals surface area contributed by atoms with Crippen molar-refractivity contribution < 1.29 is 10.2 Å². The lowest BCUT2D eigenvalue weighted by Gasteiger charge is -2.35. The van der Waals surface area contributed by atoms with Crippen LogP contribution in [0.15, 0.2) is 24.3 Å². The van der Waals surface area contributed by atoms with Gasteiger partial charge in [-0.1, -0.05) is 23.8 Å². The number of unbranched alkanes of at least 4 members (excludes halogenated alkanes) is 1. The van der Waals surface area contributed by atoms with E-state index in [1.165, 1.54) is 6.42 Å². The summed E-state index contributed by atoms with van der Waals surface area (Å²) in [5.41, 5.74) is 2.01. The first-order chi connectivity index (χ1) is 15.1. The summed E-state index contributed by atoms with van der Waals surface area (Å²) < 4.78 is 1.75. The highest BCUT2D eigenvalue weighted by Crippen LogP contribution is 2.67. The number of hydrogen-bond acceptors (Lipinski definition) is 6. The Morgan fingerprint density at radius 2 is 1.52 bits per heavy atom. The summed E-state index contributed by atoms with van der Waals surface area (Å²) in [6.07, 6.45) is 7.71. The third kappa shape index (κ3) is 3.21. The van der Waals surface area contributed by atoms with Crippen molar-refractivity contribution in [3.8, 4) is 11.8 Å². The zero-order valence-corrected chi connectivity index (χ0v) is 18.2. The lowest BCUT2D eigenvalue weighted by molar-refractivity contribution is 0.249. The molecule has 0 amide bonds.